The third-order valence-electron chi connectivity index (χ3n) is 13.5. The maximum absolute atomic E-state index is 12.9. The highest BCUT2D eigenvalue weighted by Gasteiger charge is 2.30. The van der Waals surface area contributed by atoms with Crippen molar-refractivity contribution in [3.05, 3.63) is 0 Å². The summed E-state index contributed by atoms with van der Waals surface area (Å²) < 4.78 is 67.7. The van der Waals surface area contributed by atoms with Gasteiger partial charge in [-0.3, -0.25) is 37.3 Å². The molecular weight excluding hydrogens is 1040 g/mol. The number of rotatable bonds is 58. The van der Waals surface area contributed by atoms with Crippen LogP contribution in [-0.4, -0.2) is 96.7 Å². The number of ether oxygens (including phenoxy) is 4. The summed E-state index contributed by atoms with van der Waals surface area (Å²) in [7, 11) is -9.87. The summed E-state index contributed by atoms with van der Waals surface area (Å²) in [6.07, 6.45) is 32.3. The van der Waals surface area contributed by atoms with Crippen molar-refractivity contribution in [1.29, 1.82) is 0 Å². The molecule has 0 rings (SSSR count). The molecule has 0 aliphatic heterocycles. The van der Waals surface area contributed by atoms with Crippen LogP contribution >= 0.6 is 15.6 Å². The molecule has 462 valence electrons. The molecule has 0 saturated heterocycles. The zero-order valence-electron chi connectivity index (χ0n) is 50.0. The molecule has 0 saturated carbocycles. The number of phosphoric acid groups is 2. The number of phosphoric ester groups is 2. The molecule has 2 unspecified atom stereocenters. The monoisotopic (exact) mass is 1160 g/mol. The Morgan fingerprint density at radius 3 is 0.872 bits per heavy atom. The van der Waals surface area contributed by atoms with Crippen LogP contribution in [0.2, 0.25) is 0 Å². The quantitative estimate of drug-likeness (QED) is 0.0222. The molecule has 0 aromatic rings. The minimum atomic E-state index is -4.94. The second kappa shape index (κ2) is 51.9. The molecule has 78 heavy (non-hydrogen) atoms. The van der Waals surface area contributed by atoms with Gasteiger partial charge in [0.1, 0.15) is 19.3 Å². The zero-order chi connectivity index (χ0) is 58.0. The molecule has 0 aliphatic carbocycles. The van der Waals surface area contributed by atoms with Crippen LogP contribution in [0.4, 0.5) is 0 Å². The number of esters is 4. The summed E-state index contributed by atoms with van der Waals surface area (Å²) >= 11 is 0. The summed E-state index contributed by atoms with van der Waals surface area (Å²) in [5.41, 5.74) is 0. The number of unbranched alkanes of at least 4 members (excludes halogenated alkanes) is 28. The Labute approximate surface area is 473 Å². The smallest absolute Gasteiger partial charge is 0.462 e. The van der Waals surface area contributed by atoms with E-state index in [1.807, 2.05) is 0 Å². The number of carbonyl (C=O) groups is 4. The van der Waals surface area contributed by atoms with Crippen molar-refractivity contribution >= 4 is 39.5 Å². The lowest BCUT2D eigenvalue weighted by Crippen LogP contribution is -2.30. The van der Waals surface area contributed by atoms with Crippen LogP contribution < -0.4 is 0 Å². The molecular formula is C59H114O17P2. The van der Waals surface area contributed by atoms with Gasteiger partial charge in [0, 0.05) is 25.7 Å². The van der Waals surface area contributed by atoms with Gasteiger partial charge in [-0.2, -0.15) is 0 Å². The number of aliphatic hydroxyl groups is 1. The molecule has 17 nitrogen and oxygen atoms in total. The van der Waals surface area contributed by atoms with Crippen molar-refractivity contribution in [3.63, 3.8) is 0 Å². The summed E-state index contributed by atoms with van der Waals surface area (Å²) in [6.45, 7) is 9.27. The van der Waals surface area contributed by atoms with E-state index < -0.39 is 97.5 Å². The average Bonchev–Trinajstić information content (AvgIpc) is 3.39. The third kappa shape index (κ3) is 53.4. The first kappa shape index (κ1) is 76.1. The molecule has 0 fully saturated rings. The van der Waals surface area contributed by atoms with Crippen LogP contribution in [0.25, 0.3) is 0 Å². The zero-order valence-corrected chi connectivity index (χ0v) is 51.7. The lowest BCUT2D eigenvalue weighted by molar-refractivity contribution is -0.161. The second-order valence-corrected chi connectivity index (χ2v) is 25.2. The highest BCUT2D eigenvalue weighted by molar-refractivity contribution is 7.47. The van der Waals surface area contributed by atoms with Gasteiger partial charge in [0.05, 0.1) is 26.4 Å². The first-order valence-corrected chi connectivity index (χ1v) is 34.0. The predicted octanol–water partition coefficient (Wildman–Crippen LogP) is 15.7. The number of carbonyl (C=O) groups excluding carboxylic acids is 4. The van der Waals surface area contributed by atoms with Crippen LogP contribution in [0, 0.1) is 11.8 Å². The average molecular weight is 1160 g/mol. The van der Waals surface area contributed by atoms with Crippen LogP contribution in [0.1, 0.15) is 286 Å². The highest BCUT2D eigenvalue weighted by atomic mass is 31.2. The lowest BCUT2D eigenvalue weighted by atomic mass is 10.0. The SMILES string of the molecule is CCCCCCCCCCCCC(=O)OC[C@H](COP(=O)(O)OC[C@@H](O)COP(=O)(O)OC[C@@H](COC(=O)CCCCCCCCCCC)OC(=O)CCCCCCCCC(C)C)OC(=O)CCCCCCCCCC(C)C. The van der Waals surface area contributed by atoms with Crippen LogP contribution in [0.5, 0.6) is 0 Å². The molecule has 0 spiro atoms. The van der Waals surface area contributed by atoms with Crippen molar-refractivity contribution < 1.29 is 80.2 Å². The van der Waals surface area contributed by atoms with E-state index in [1.54, 1.807) is 0 Å². The Hall–Kier alpha value is -1.94. The Balaban J connectivity index is 5.23. The number of hydrogen-bond donors (Lipinski definition) is 3. The molecule has 0 bridgehead atoms. The Morgan fingerprint density at radius 1 is 0.346 bits per heavy atom. The first-order chi connectivity index (χ1) is 37.4. The van der Waals surface area contributed by atoms with Gasteiger partial charge in [-0.1, -0.05) is 234 Å². The summed E-state index contributed by atoms with van der Waals surface area (Å²) in [6, 6.07) is 0. The molecule has 19 heteroatoms. The fourth-order valence-electron chi connectivity index (χ4n) is 8.65. The van der Waals surface area contributed by atoms with E-state index in [2.05, 4.69) is 41.5 Å². The summed E-state index contributed by atoms with van der Waals surface area (Å²) in [5.74, 6) is -0.783. The van der Waals surface area contributed by atoms with E-state index >= 15 is 0 Å². The molecule has 0 radical (unpaired) electrons. The van der Waals surface area contributed by atoms with Gasteiger partial charge in [-0.15, -0.1) is 0 Å². The van der Waals surface area contributed by atoms with Gasteiger partial charge in [-0.25, -0.2) is 9.13 Å². The Morgan fingerprint density at radius 2 is 0.590 bits per heavy atom. The van der Waals surface area contributed by atoms with Crippen molar-refractivity contribution in [2.45, 2.75) is 304 Å². The van der Waals surface area contributed by atoms with Gasteiger partial charge in [-0.05, 0) is 37.5 Å². The van der Waals surface area contributed by atoms with Gasteiger partial charge in [0.15, 0.2) is 12.2 Å². The highest BCUT2D eigenvalue weighted by Crippen LogP contribution is 2.45. The van der Waals surface area contributed by atoms with Gasteiger partial charge in [0.2, 0.25) is 0 Å². The fourth-order valence-corrected chi connectivity index (χ4v) is 10.2. The van der Waals surface area contributed by atoms with Crippen LogP contribution in [0.15, 0.2) is 0 Å². The van der Waals surface area contributed by atoms with E-state index in [9.17, 15) is 43.2 Å². The number of aliphatic hydroxyl groups excluding tert-OH is 1. The molecule has 3 N–H and O–H groups in total. The first-order valence-electron chi connectivity index (χ1n) is 31.0. The van der Waals surface area contributed by atoms with E-state index in [0.29, 0.717) is 37.5 Å². The molecule has 0 heterocycles. The van der Waals surface area contributed by atoms with Gasteiger partial charge >= 0.3 is 39.5 Å². The maximum Gasteiger partial charge on any atom is 0.472 e. The second-order valence-electron chi connectivity index (χ2n) is 22.3. The molecule has 0 aromatic heterocycles. The fraction of sp³-hybridized carbons (Fsp3) is 0.932. The Kier molecular flexibility index (Phi) is 50.6. The maximum atomic E-state index is 12.9. The summed E-state index contributed by atoms with van der Waals surface area (Å²) in [4.78, 5) is 71.8. The molecule has 0 aliphatic rings. The van der Waals surface area contributed by atoms with E-state index in [4.69, 9.17) is 37.0 Å². The van der Waals surface area contributed by atoms with Gasteiger partial charge < -0.3 is 33.8 Å². The minimum absolute atomic E-state index is 0.102. The lowest BCUT2D eigenvalue weighted by Gasteiger charge is -2.21. The van der Waals surface area contributed by atoms with E-state index in [-0.39, 0.29) is 25.7 Å². The van der Waals surface area contributed by atoms with E-state index in [0.717, 1.165) is 89.9 Å². The molecule has 5 atom stereocenters. The van der Waals surface area contributed by atoms with Crippen molar-refractivity contribution in [1.82, 2.24) is 0 Å². The van der Waals surface area contributed by atoms with Crippen LogP contribution in [-0.2, 0) is 65.4 Å². The molecule has 0 aromatic carbocycles. The number of hydrogen-bond acceptors (Lipinski definition) is 15. The Bertz CT molecular complexity index is 1550. The normalized spacial score (nSPS) is 14.4. The topological polar surface area (TPSA) is 237 Å². The van der Waals surface area contributed by atoms with E-state index in [1.165, 1.54) is 103 Å². The predicted molar refractivity (Wildman–Crippen MR) is 308 cm³/mol. The summed E-state index contributed by atoms with van der Waals surface area (Å²) in [5, 5.41) is 10.5. The molecule has 0 amide bonds. The van der Waals surface area contributed by atoms with Crippen LogP contribution in [0.3, 0.4) is 0 Å². The van der Waals surface area contributed by atoms with Crippen molar-refractivity contribution in [2.24, 2.45) is 11.8 Å². The van der Waals surface area contributed by atoms with Gasteiger partial charge in [0.25, 0.3) is 0 Å². The standard InChI is InChI=1S/C59H114O17P2/c1-7-9-11-13-15-17-19-23-30-36-42-57(62)70-47-54(75-58(63)43-37-31-24-20-21-27-33-39-51(3)4)49-73-77(65,66)71-45-53(60)46-72-78(67,68)74-50-55(76-59(64)44-38-32-26-25-28-34-40-52(5)6)48-69-56(61)41-35-29-22-18-16-14-12-10-8-2/h51-55,60H,7-50H2,1-6H3,(H,65,66)(H,67,68)/t53-,54-,55-/m1/s1. The largest absolute Gasteiger partial charge is 0.472 e. The van der Waals surface area contributed by atoms with Crippen molar-refractivity contribution in [3.8, 4) is 0 Å². The third-order valence-corrected chi connectivity index (χ3v) is 15.4. The minimum Gasteiger partial charge on any atom is -0.462 e. The van der Waals surface area contributed by atoms with Crippen molar-refractivity contribution in [2.75, 3.05) is 39.6 Å².